The largest absolute Gasteiger partial charge is 0.464 e. The van der Waals surface area contributed by atoms with Crippen LogP contribution in [-0.2, 0) is 14.3 Å². The Morgan fingerprint density at radius 1 is 0.905 bits per heavy atom. The van der Waals surface area contributed by atoms with Crippen LogP contribution in [0.25, 0.3) is 0 Å². The zero-order valence-electron chi connectivity index (χ0n) is 13.9. The van der Waals surface area contributed by atoms with Gasteiger partial charge in [0.1, 0.15) is 5.60 Å². The highest BCUT2D eigenvalue weighted by atomic mass is 16.7. The van der Waals surface area contributed by atoms with E-state index in [1.165, 1.54) is 57.8 Å². The van der Waals surface area contributed by atoms with E-state index in [-0.39, 0.29) is 11.6 Å². The number of ether oxygens (including phenoxy) is 2. The molecule has 1 unspecified atom stereocenters. The van der Waals surface area contributed by atoms with Crippen LogP contribution in [0.1, 0.15) is 90.9 Å². The van der Waals surface area contributed by atoms with Crippen LogP contribution in [0.15, 0.2) is 0 Å². The molecular weight excluding hydrogens is 264 g/mol. The maximum absolute atomic E-state index is 12.4. The van der Waals surface area contributed by atoms with Crippen LogP contribution in [0.5, 0.6) is 0 Å². The molecule has 122 valence electrons. The van der Waals surface area contributed by atoms with E-state index in [0.29, 0.717) is 6.61 Å². The van der Waals surface area contributed by atoms with Gasteiger partial charge in [-0.3, -0.25) is 0 Å². The number of hydrogen-bond donors (Lipinski definition) is 0. The fraction of sp³-hybridized carbons (Fsp3) is 0.944. The molecule has 2 fully saturated rings. The summed E-state index contributed by atoms with van der Waals surface area (Å²) in [5, 5.41) is 0. The molecule has 1 aliphatic carbocycles. The highest BCUT2D eigenvalue weighted by molar-refractivity contribution is 5.84. The van der Waals surface area contributed by atoms with E-state index in [2.05, 4.69) is 6.92 Å². The van der Waals surface area contributed by atoms with Gasteiger partial charge in [0.15, 0.2) is 5.60 Å². The second-order valence-corrected chi connectivity index (χ2v) is 6.68. The molecule has 3 heteroatoms. The van der Waals surface area contributed by atoms with Gasteiger partial charge in [-0.15, -0.1) is 0 Å². The van der Waals surface area contributed by atoms with E-state index in [0.717, 1.165) is 19.3 Å². The molecule has 2 aliphatic rings. The van der Waals surface area contributed by atoms with Crippen LogP contribution in [0.2, 0.25) is 0 Å². The Labute approximate surface area is 129 Å². The Morgan fingerprint density at radius 3 is 1.81 bits per heavy atom. The van der Waals surface area contributed by atoms with Crippen molar-refractivity contribution < 1.29 is 14.3 Å². The number of carbonyl (C=O) groups excluding carboxylic acids is 1. The Hall–Kier alpha value is -0.570. The molecule has 0 radical (unpaired) electrons. The molecule has 0 aromatic rings. The first-order valence-corrected chi connectivity index (χ1v) is 9.08. The van der Waals surface area contributed by atoms with Gasteiger partial charge in [-0.2, -0.15) is 0 Å². The van der Waals surface area contributed by atoms with Crippen molar-refractivity contribution in [1.29, 1.82) is 0 Å². The predicted molar refractivity (Wildman–Crippen MR) is 84.3 cm³/mol. The van der Waals surface area contributed by atoms with Crippen molar-refractivity contribution in [3.63, 3.8) is 0 Å². The number of rotatable bonds is 3. The molecule has 0 bridgehead atoms. The third kappa shape index (κ3) is 3.61. The van der Waals surface area contributed by atoms with E-state index in [9.17, 15) is 4.79 Å². The minimum Gasteiger partial charge on any atom is -0.464 e. The van der Waals surface area contributed by atoms with Crippen LogP contribution in [-0.4, -0.2) is 23.8 Å². The summed E-state index contributed by atoms with van der Waals surface area (Å²) in [4.78, 5) is 12.4. The summed E-state index contributed by atoms with van der Waals surface area (Å²) < 4.78 is 11.4. The van der Waals surface area contributed by atoms with Crippen molar-refractivity contribution in [2.75, 3.05) is 6.61 Å². The topological polar surface area (TPSA) is 38.8 Å². The molecule has 2 rings (SSSR count). The molecular formula is C18H32O3. The third-order valence-electron chi connectivity index (χ3n) is 5.33. The lowest BCUT2D eigenvalue weighted by atomic mass is 9.81. The van der Waals surface area contributed by atoms with Crippen LogP contribution in [0, 0.1) is 0 Å². The van der Waals surface area contributed by atoms with Crippen LogP contribution >= 0.6 is 0 Å². The van der Waals surface area contributed by atoms with E-state index in [1.807, 2.05) is 6.92 Å². The smallest absolute Gasteiger partial charge is 0.341 e. The van der Waals surface area contributed by atoms with Gasteiger partial charge >= 0.3 is 5.97 Å². The first kappa shape index (κ1) is 16.8. The summed E-state index contributed by atoms with van der Waals surface area (Å²) in [5.41, 5.74) is -0.847. The minimum atomic E-state index is -0.632. The highest BCUT2D eigenvalue weighted by Gasteiger charge is 2.73. The molecule has 21 heavy (non-hydrogen) atoms. The SMILES string of the molecule is CCOC(=O)C1(CC)OC12CCCCCCCCCCC2. The van der Waals surface area contributed by atoms with Gasteiger partial charge < -0.3 is 9.47 Å². The quantitative estimate of drug-likeness (QED) is 0.556. The number of hydrogen-bond acceptors (Lipinski definition) is 3. The van der Waals surface area contributed by atoms with Gasteiger partial charge in [0.05, 0.1) is 6.61 Å². The zero-order valence-corrected chi connectivity index (χ0v) is 13.9. The first-order chi connectivity index (χ1) is 10.2. The molecule has 1 aliphatic heterocycles. The Balaban J connectivity index is 2.01. The van der Waals surface area contributed by atoms with Gasteiger partial charge in [-0.1, -0.05) is 64.7 Å². The van der Waals surface area contributed by atoms with Crippen LogP contribution in [0.4, 0.5) is 0 Å². The molecule has 0 aromatic carbocycles. The van der Waals surface area contributed by atoms with Gasteiger partial charge in [0.25, 0.3) is 0 Å². The fourth-order valence-electron chi connectivity index (χ4n) is 4.01. The maximum atomic E-state index is 12.4. The Bertz CT molecular complexity index is 327. The Morgan fingerprint density at radius 2 is 1.38 bits per heavy atom. The summed E-state index contributed by atoms with van der Waals surface area (Å²) in [6.45, 7) is 4.37. The van der Waals surface area contributed by atoms with Gasteiger partial charge in [-0.05, 0) is 26.2 Å². The summed E-state index contributed by atoms with van der Waals surface area (Å²) in [7, 11) is 0. The van der Waals surface area contributed by atoms with Crippen LogP contribution in [0.3, 0.4) is 0 Å². The van der Waals surface area contributed by atoms with Crippen molar-refractivity contribution in [3.05, 3.63) is 0 Å². The second-order valence-electron chi connectivity index (χ2n) is 6.68. The van der Waals surface area contributed by atoms with E-state index in [4.69, 9.17) is 9.47 Å². The predicted octanol–water partition coefficient (Wildman–Crippen LogP) is 4.77. The molecule has 3 nitrogen and oxygen atoms in total. The van der Waals surface area contributed by atoms with E-state index >= 15 is 0 Å². The van der Waals surface area contributed by atoms with Crippen LogP contribution < -0.4 is 0 Å². The molecule has 1 saturated carbocycles. The lowest BCUT2D eigenvalue weighted by Gasteiger charge is -2.19. The van der Waals surface area contributed by atoms with Crippen molar-refractivity contribution in [3.8, 4) is 0 Å². The van der Waals surface area contributed by atoms with E-state index in [1.54, 1.807) is 0 Å². The maximum Gasteiger partial charge on any atom is 0.341 e. The summed E-state index contributed by atoms with van der Waals surface area (Å²) in [6.07, 6.45) is 14.5. The monoisotopic (exact) mass is 296 g/mol. The zero-order chi connectivity index (χ0) is 15.2. The Kier molecular flexibility index (Phi) is 6.09. The normalized spacial score (nSPS) is 30.2. The number of carbonyl (C=O) groups is 1. The average molecular weight is 296 g/mol. The lowest BCUT2D eigenvalue weighted by molar-refractivity contribution is -0.149. The average Bonchev–Trinajstić information content (AvgIpc) is 3.13. The molecule has 1 heterocycles. The lowest BCUT2D eigenvalue weighted by Crippen LogP contribution is -2.35. The summed E-state index contributed by atoms with van der Waals surface area (Å²) in [5.74, 6) is -0.125. The number of esters is 1. The summed E-state index contributed by atoms with van der Waals surface area (Å²) in [6, 6.07) is 0. The van der Waals surface area contributed by atoms with E-state index < -0.39 is 5.60 Å². The van der Waals surface area contributed by atoms with Crippen molar-refractivity contribution in [1.82, 2.24) is 0 Å². The highest BCUT2D eigenvalue weighted by Crippen LogP contribution is 2.57. The van der Waals surface area contributed by atoms with Crippen molar-refractivity contribution in [2.45, 2.75) is 102 Å². The minimum absolute atomic E-state index is 0.125. The van der Waals surface area contributed by atoms with Gasteiger partial charge in [-0.25, -0.2) is 4.79 Å². The third-order valence-corrected chi connectivity index (χ3v) is 5.33. The molecule has 1 atom stereocenters. The molecule has 1 saturated heterocycles. The van der Waals surface area contributed by atoms with Gasteiger partial charge in [0, 0.05) is 0 Å². The van der Waals surface area contributed by atoms with Crippen molar-refractivity contribution in [2.24, 2.45) is 0 Å². The molecule has 0 amide bonds. The molecule has 0 aromatic heterocycles. The first-order valence-electron chi connectivity index (χ1n) is 9.08. The second kappa shape index (κ2) is 7.62. The van der Waals surface area contributed by atoms with Crippen molar-refractivity contribution >= 4 is 5.97 Å². The molecule has 1 spiro atoms. The standard InChI is InChI=1S/C18H32O3/c1-3-18(16(19)20-4-2)17(21-18)14-12-10-8-6-5-7-9-11-13-15-17/h3-15H2,1-2H3. The fourth-order valence-corrected chi connectivity index (χ4v) is 4.01. The summed E-state index contributed by atoms with van der Waals surface area (Å²) >= 11 is 0. The molecule has 0 N–H and O–H groups in total. The van der Waals surface area contributed by atoms with Gasteiger partial charge in [0.2, 0.25) is 0 Å². The number of epoxide rings is 1.